The van der Waals surface area contributed by atoms with Crippen molar-refractivity contribution in [3.05, 3.63) is 76.2 Å². The summed E-state index contributed by atoms with van der Waals surface area (Å²) in [6, 6.07) is 15.0. The highest BCUT2D eigenvalue weighted by Crippen LogP contribution is 2.25. The van der Waals surface area contributed by atoms with E-state index in [0.717, 1.165) is 4.31 Å². The third-order valence-corrected chi connectivity index (χ3v) is 7.78. The summed E-state index contributed by atoms with van der Waals surface area (Å²) in [6.45, 7) is 10.2. The average Bonchev–Trinajstić information content (AvgIpc) is 3.04. The van der Waals surface area contributed by atoms with Crippen molar-refractivity contribution in [3.8, 4) is 5.69 Å². The van der Waals surface area contributed by atoms with Crippen LogP contribution in [0.1, 0.15) is 43.7 Å². The molecule has 2 aromatic carbocycles. The van der Waals surface area contributed by atoms with Crippen LogP contribution < -0.4 is 9.86 Å². The Morgan fingerprint density at radius 2 is 1.63 bits per heavy atom. The maximum absolute atomic E-state index is 13.6. The Morgan fingerprint density at radius 3 is 2.20 bits per heavy atom. The molecule has 35 heavy (non-hydrogen) atoms. The maximum atomic E-state index is 13.6. The number of hydrogen-bond acceptors (Lipinski definition) is 4. The molecule has 0 bridgehead atoms. The number of rotatable bonds is 8. The van der Waals surface area contributed by atoms with Crippen molar-refractivity contribution in [3.63, 3.8) is 0 Å². The number of anilines is 1. The van der Waals surface area contributed by atoms with Gasteiger partial charge in [-0.2, -0.15) is 0 Å². The molecule has 1 aromatic heterocycles. The summed E-state index contributed by atoms with van der Waals surface area (Å²) in [7, 11) is -1.04. The molecule has 0 aliphatic rings. The third-order valence-electron chi connectivity index (χ3n) is 6.02. The first-order chi connectivity index (χ1) is 16.4. The molecule has 0 atom stereocenters. The maximum Gasteiger partial charge on any atom is 0.296 e. The predicted molar refractivity (Wildman–Crippen MR) is 139 cm³/mol. The molecule has 1 amide bonds. The highest BCUT2D eigenvalue weighted by molar-refractivity contribution is 7.92. The van der Waals surface area contributed by atoms with Crippen LogP contribution in [0.25, 0.3) is 5.69 Å². The van der Waals surface area contributed by atoms with Crippen LogP contribution in [0.5, 0.6) is 0 Å². The van der Waals surface area contributed by atoms with E-state index in [4.69, 9.17) is 0 Å². The molecule has 0 N–H and O–H groups in total. The molecule has 0 radical (unpaired) electrons. The van der Waals surface area contributed by atoms with Crippen molar-refractivity contribution in [1.82, 2.24) is 14.3 Å². The SMILES string of the molecule is Cc1c(N(C)S(=O)(=O)c2cccc(C(=O)N(CC(C)C)C(C)C)c2)c(=O)n(-c2ccccc2)n1C. The molecule has 9 heteroatoms. The lowest BCUT2D eigenvalue weighted by Gasteiger charge is -2.29. The molecule has 0 unspecified atom stereocenters. The standard InChI is InChI=1S/C26H34N4O4S/c1-18(2)17-29(19(3)4)25(31)21-12-11-15-23(16-21)35(33,34)28(7)24-20(5)27(6)30(26(24)32)22-13-9-8-10-14-22/h8-16,18-19H,17H2,1-7H3. The van der Waals surface area contributed by atoms with Gasteiger partial charge in [-0.3, -0.25) is 18.6 Å². The fourth-order valence-electron chi connectivity index (χ4n) is 4.07. The van der Waals surface area contributed by atoms with Crippen molar-refractivity contribution in [2.45, 2.75) is 45.6 Å². The quantitative estimate of drug-likeness (QED) is 0.473. The normalized spacial score (nSPS) is 11.8. The van der Waals surface area contributed by atoms with Gasteiger partial charge in [0.15, 0.2) is 0 Å². The van der Waals surface area contributed by atoms with Crippen LogP contribution in [0.2, 0.25) is 0 Å². The molecular weight excluding hydrogens is 464 g/mol. The Hall–Kier alpha value is -3.33. The van der Waals surface area contributed by atoms with E-state index in [1.807, 2.05) is 45.9 Å². The first-order valence-electron chi connectivity index (χ1n) is 11.6. The van der Waals surface area contributed by atoms with Gasteiger partial charge >= 0.3 is 0 Å². The monoisotopic (exact) mass is 498 g/mol. The lowest BCUT2D eigenvalue weighted by molar-refractivity contribution is 0.0681. The van der Waals surface area contributed by atoms with Crippen LogP contribution in [-0.2, 0) is 17.1 Å². The second kappa shape index (κ2) is 10.1. The number of sulfonamides is 1. The van der Waals surface area contributed by atoms with Gasteiger partial charge in [-0.15, -0.1) is 0 Å². The van der Waals surface area contributed by atoms with Gasteiger partial charge in [-0.1, -0.05) is 38.1 Å². The minimum Gasteiger partial charge on any atom is -0.336 e. The molecule has 3 rings (SSSR count). The number of nitrogens with zero attached hydrogens (tertiary/aromatic N) is 4. The van der Waals surface area contributed by atoms with Crippen molar-refractivity contribution in [2.75, 3.05) is 17.9 Å². The second-order valence-corrected chi connectivity index (χ2v) is 11.3. The van der Waals surface area contributed by atoms with E-state index in [0.29, 0.717) is 23.5 Å². The summed E-state index contributed by atoms with van der Waals surface area (Å²) in [5.41, 5.74) is 1.03. The van der Waals surface area contributed by atoms with Gasteiger partial charge in [-0.25, -0.2) is 13.1 Å². The predicted octanol–water partition coefficient (Wildman–Crippen LogP) is 3.82. The van der Waals surface area contributed by atoms with Gasteiger partial charge in [0.05, 0.1) is 16.3 Å². The molecule has 188 valence electrons. The smallest absolute Gasteiger partial charge is 0.296 e. The van der Waals surface area contributed by atoms with Gasteiger partial charge in [0.25, 0.3) is 21.5 Å². The van der Waals surface area contributed by atoms with Crippen molar-refractivity contribution >= 4 is 21.6 Å². The summed E-state index contributed by atoms with van der Waals surface area (Å²) in [5, 5.41) is 0. The van der Waals surface area contributed by atoms with E-state index >= 15 is 0 Å². The fraction of sp³-hybridized carbons (Fsp3) is 0.385. The van der Waals surface area contributed by atoms with Crippen molar-refractivity contribution < 1.29 is 13.2 Å². The van der Waals surface area contributed by atoms with Crippen LogP contribution in [0.3, 0.4) is 0 Å². The Kier molecular flexibility index (Phi) is 7.59. The molecule has 0 aliphatic heterocycles. The molecule has 0 fully saturated rings. The number of amides is 1. The minimum absolute atomic E-state index is 0.0312. The van der Waals surface area contributed by atoms with Crippen LogP contribution in [0, 0.1) is 12.8 Å². The summed E-state index contributed by atoms with van der Waals surface area (Å²) in [4.78, 5) is 28.3. The molecule has 0 aliphatic carbocycles. The number of carbonyl (C=O) groups is 1. The molecule has 0 saturated heterocycles. The Balaban J connectivity index is 2.04. The number of carbonyl (C=O) groups excluding carboxylic acids is 1. The molecule has 1 heterocycles. The number of hydrogen-bond donors (Lipinski definition) is 0. The first-order valence-corrected chi connectivity index (χ1v) is 13.1. The van der Waals surface area contributed by atoms with Crippen molar-refractivity contribution in [2.24, 2.45) is 13.0 Å². The van der Waals surface area contributed by atoms with Crippen molar-refractivity contribution in [1.29, 1.82) is 0 Å². The van der Waals surface area contributed by atoms with Gasteiger partial charge in [0, 0.05) is 32.2 Å². The van der Waals surface area contributed by atoms with Crippen LogP contribution >= 0.6 is 0 Å². The molecule has 3 aromatic rings. The molecule has 0 spiro atoms. The average molecular weight is 499 g/mol. The number of aromatic nitrogens is 2. The lowest BCUT2D eigenvalue weighted by atomic mass is 10.1. The lowest BCUT2D eigenvalue weighted by Crippen LogP contribution is -2.39. The Bertz CT molecular complexity index is 1370. The van der Waals surface area contributed by atoms with Crippen LogP contribution in [-0.4, -0.2) is 48.2 Å². The summed E-state index contributed by atoms with van der Waals surface area (Å²) in [6.07, 6.45) is 0. The minimum atomic E-state index is -4.11. The molecule has 8 nitrogen and oxygen atoms in total. The zero-order chi connectivity index (χ0) is 26.1. The highest BCUT2D eigenvalue weighted by atomic mass is 32.2. The largest absolute Gasteiger partial charge is 0.336 e. The zero-order valence-corrected chi connectivity index (χ0v) is 22.2. The molecular formula is C26H34N4O4S. The Morgan fingerprint density at radius 1 is 1.00 bits per heavy atom. The van der Waals surface area contributed by atoms with Crippen LogP contribution in [0.4, 0.5) is 5.69 Å². The fourth-order valence-corrected chi connectivity index (χ4v) is 5.37. The van der Waals surface area contributed by atoms with Gasteiger partial charge < -0.3 is 4.90 Å². The van der Waals surface area contributed by atoms with E-state index in [1.165, 1.54) is 23.9 Å². The topological polar surface area (TPSA) is 84.6 Å². The van der Waals surface area contributed by atoms with E-state index in [9.17, 15) is 18.0 Å². The van der Waals surface area contributed by atoms with E-state index in [2.05, 4.69) is 0 Å². The van der Waals surface area contributed by atoms with Gasteiger partial charge in [0.2, 0.25) is 0 Å². The summed E-state index contributed by atoms with van der Waals surface area (Å²) in [5.74, 6) is 0.0444. The second-order valence-electron chi connectivity index (χ2n) is 9.36. The summed E-state index contributed by atoms with van der Waals surface area (Å²) < 4.78 is 31.3. The highest BCUT2D eigenvalue weighted by Gasteiger charge is 2.30. The molecule has 0 saturated carbocycles. The van der Waals surface area contributed by atoms with E-state index in [-0.39, 0.29) is 28.4 Å². The Labute approximate surface area is 207 Å². The van der Waals surface area contributed by atoms with Gasteiger partial charge in [0.1, 0.15) is 5.69 Å². The summed E-state index contributed by atoms with van der Waals surface area (Å²) >= 11 is 0. The van der Waals surface area contributed by atoms with Crippen LogP contribution in [0.15, 0.2) is 64.3 Å². The van der Waals surface area contributed by atoms with Gasteiger partial charge in [-0.05, 0) is 57.0 Å². The number of para-hydroxylation sites is 1. The zero-order valence-electron chi connectivity index (χ0n) is 21.4. The van der Waals surface area contributed by atoms with E-state index < -0.39 is 15.6 Å². The number of benzene rings is 2. The third kappa shape index (κ3) is 5.05. The van der Waals surface area contributed by atoms with E-state index in [1.54, 1.807) is 47.8 Å². The first kappa shape index (κ1) is 26.3.